The van der Waals surface area contributed by atoms with Crippen molar-refractivity contribution < 1.29 is 9.21 Å². The van der Waals surface area contributed by atoms with E-state index in [4.69, 9.17) is 4.42 Å². The Hall–Kier alpha value is -3.15. The number of amides is 1. The molecule has 30 heavy (non-hydrogen) atoms. The molecular formula is C24H27N3O3. The lowest BCUT2D eigenvalue weighted by Gasteiger charge is -2.27. The van der Waals surface area contributed by atoms with Crippen molar-refractivity contribution in [1.82, 2.24) is 15.3 Å². The highest BCUT2D eigenvalue weighted by Gasteiger charge is 2.25. The van der Waals surface area contributed by atoms with E-state index in [1.807, 2.05) is 30.3 Å². The molecule has 0 radical (unpaired) electrons. The van der Waals surface area contributed by atoms with Crippen molar-refractivity contribution in [1.29, 1.82) is 0 Å². The summed E-state index contributed by atoms with van der Waals surface area (Å²) in [5, 5.41) is 2.84. The molecule has 3 aromatic rings. The first-order chi connectivity index (χ1) is 14.4. The Morgan fingerprint density at radius 2 is 2.00 bits per heavy atom. The molecule has 4 rings (SSSR count). The van der Waals surface area contributed by atoms with E-state index >= 15 is 0 Å². The number of rotatable bonds is 5. The maximum Gasteiger partial charge on any atom is 0.261 e. The number of carbonyl (C=O) groups excluding carboxylic acids is 1. The number of hydrogen-bond acceptors (Lipinski definition) is 4. The highest BCUT2D eigenvalue weighted by atomic mass is 16.4. The van der Waals surface area contributed by atoms with E-state index in [1.165, 1.54) is 0 Å². The van der Waals surface area contributed by atoms with Gasteiger partial charge in [-0.15, -0.1) is 0 Å². The molecule has 6 nitrogen and oxygen atoms in total. The number of fused-ring (bicyclic) bond motifs is 1. The predicted octanol–water partition coefficient (Wildman–Crippen LogP) is 4.28. The van der Waals surface area contributed by atoms with E-state index in [9.17, 15) is 9.59 Å². The first-order valence-electron chi connectivity index (χ1n) is 10.5. The average molecular weight is 405 g/mol. The predicted molar refractivity (Wildman–Crippen MR) is 115 cm³/mol. The smallest absolute Gasteiger partial charge is 0.261 e. The van der Waals surface area contributed by atoms with Crippen molar-refractivity contribution in [2.24, 2.45) is 11.8 Å². The lowest BCUT2D eigenvalue weighted by Crippen LogP contribution is -2.33. The van der Waals surface area contributed by atoms with E-state index in [-0.39, 0.29) is 11.1 Å². The molecule has 2 atom stereocenters. The zero-order valence-electron chi connectivity index (χ0n) is 17.6. The summed E-state index contributed by atoms with van der Waals surface area (Å²) in [6, 6.07) is 11.0. The number of H-pyrrole nitrogens is 1. The number of aromatic nitrogens is 2. The lowest BCUT2D eigenvalue weighted by molar-refractivity contribution is 0.0932. The summed E-state index contributed by atoms with van der Waals surface area (Å²) in [7, 11) is 0. The van der Waals surface area contributed by atoms with Gasteiger partial charge in [0.15, 0.2) is 5.76 Å². The van der Waals surface area contributed by atoms with Crippen LogP contribution in [0.4, 0.5) is 0 Å². The van der Waals surface area contributed by atoms with Gasteiger partial charge in [0, 0.05) is 11.3 Å². The number of nitrogens with one attached hydrogen (secondary N) is 2. The van der Waals surface area contributed by atoms with Crippen molar-refractivity contribution in [2.45, 2.75) is 46.1 Å². The standard InChI is InChI=1S/C24H27N3O3/c1-14(2)17-9-10-20-18(11-17)12-19(23(29)27-20)22(28)26-15(3)24-25-13-21(30-24)16-7-5-4-6-8-16/h4-8,12-15,17H,9-11H2,1-3H3,(H,26,28)(H,27,29). The Morgan fingerprint density at radius 3 is 2.73 bits per heavy atom. The van der Waals surface area contributed by atoms with Crippen LogP contribution in [0.15, 0.2) is 51.8 Å². The van der Waals surface area contributed by atoms with Crippen molar-refractivity contribution in [2.75, 3.05) is 0 Å². The molecule has 156 valence electrons. The SMILES string of the molecule is CC(NC(=O)c1cc2c([nH]c1=O)CCC(C(C)C)C2)c1ncc(-c2ccccc2)o1. The van der Waals surface area contributed by atoms with Gasteiger partial charge in [0.05, 0.1) is 6.20 Å². The van der Waals surface area contributed by atoms with Gasteiger partial charge >= 0.3 is 0 Å². The highest BCUT2D eigenvalue weighted by Crippen LogP contribution is 2.29. The number of carbonyl (C=O) groups is 1. The summed E-state index contributed by atoms with van der Waals surface area (Å²) in [6.45, 7) is 6.23. The first-order valence-corrected chi connectivity index (χ1v) is 10.5. The highest BCUT2D eigenvalue weighted by molar-refractivity contribution is 5.94. The van der Waals surface area contributed by atoms with Gasteiger partial charge in [-0.3, -0.25) is 9.59 Å². The molecule has 0 bridgehead atoms. The average Bonchev–Trinajstić information content (AvgIpc) is 3.24. The van der Waals surface area contributed by atoms with Crippen LogP contribution in [0.3, 0.4) is 0 Å². The van der Waals surface area contributed by atoms with Crippen LogP contribution in [0.25, 0.3) is 11.3 Å². The van der Waals surface area contributed by atoms with Gasteiger partial charge < -0.3 is 14.7 Å². The molecule has 0 spiro atoms. The van der Waals surface area contributed by atoms with Crippen LogP contribution in [-0.2, 0) is 12.8 Å². The van der Waals surface area contributed by atoms with Crippen LogP contribution in [0.1, 0.15) is 60.7 Å². The Kier molecular flexibility index (Phi) is 5.57. The molecule has 6 heteroatoms. The van der Waals surface area contributed by atoms with Gasteiger partial charge in [-0.05, 0) is 49.7 Å². The molecule has 2 N–H and O–H groups in total. The van der Waals surface area contributed by atoms with Crippen molar-refractivity contribution in [3.63, 3.8) is 0 Å². The Bertz CT molecular complexity index is 1100. The van der Waals surface area contributed by atoms with Crippen molar-refractivity contribution in [3.8, 4) is 11.3 Å². The van der Waals surface area contributed by atoms with E-state index < -0.39 is 11.9 Å². The summed E-state index contributed by atoms with van der Waals surface area (Å²) >= 11 is 0. The van der Waals surface area contributed by atoms with E-state index in [0.717, 1.165) is 36.1 Å². The Morgan fingerprint density at radius 1 is 1.23 bits per heavy atom. The minimum Gasteiger partial charge on any atom is -0.438 e. The maximum atomic E-state index is 12.8. The van der Waals surface area contributed by atoms with Crippen LogP contribution in [0.2, 0.25) is 0 Å². The van der Waals surface area contributed by atoms with Crippen LogP contribution in [-0.4, -0.2) is 15.9 Å². The normalized spacial score (nSPS) is 16.9. The minimum atomic E-state index is -0.464. The first kappa shape index (κ1) is 20.1. The van der Waals surface area contributed by atoms with Crippen LogP contribution < -0.4 is 10.9 Å². The van der Waals surface area contributed by atoms with E-state index in [1.54, 1.807) is 19.2 Å². The van der Waals surface area contributed by atoms with Crippen LogP contribution in [0.5, 0.6) is 0 Å². The van der Waals surface area contributed by atoms with Gasteiger partial charge in [0.1, 0.15) is 11.6 Å². The second-order valence-corrected chi connectivity index (χ2v) is 8.39. The van der Waals surface area contributed by atoms with Gasteiger partial charge in [0.25, 0.3) is 11.5 Å². The number of pyridine rings is 1. The molecule has 2 heterocycles. The number of benzene rings is 1. The molecule has 1 aromatic carbocycles. The molecule has 0 saturated carbocycles. The summed E-state index contributed by atoms with van der Waals surface area (Å²) < 4.78 is 5.82. The molecule has 2 unspecified atom stereocenters. The number of aromatic amines is 1. The zero-order valence-corrected chi connectivity index (χ0v) is 17.6. The number of oxazole rings is 1. The zero-order chi connectivity index (χ0) is 21.3. The third kappa shape index (κ3) is 4.08. The van der Waals surface area contributed by atoms with Crippen molar-refractivity contribution >= 4 is 5.91 Å². The largest absolute Gasteiger partial charge is 0.438 e. The van der Waals surface area contributed by atoms with E-state index in [2.05, 4.69) is 29.1 Å². The quantitative estimate of drug-likeness (QED) is 0.663. The minimum absolute atomic E-state index is 0.139. The fourth-order valence-electron chi connectivity index (χ4n) is 4.03. The summed E-state index contributed by atoms with van der Waals surface area (Å²) in [6.07, 6.45) is 4.45. The fraction of sp³-hybridized carbons (Fsp3) is 0.375. The second kappa shape index (κ2) is 8.30. The van der Waals surface area contributed by atoms with Gasteiger partial charge in [-0.25, -0.2) is 4.98 Å². The molecule has 0 fully saturated rings. The Labute approximate surface area is 175 Å². The number of nitrogens with zero attached hydrogens (tertiary/aromatic N) is 1. The van der Waals surface area contributed by atoms with Gasteiger partial charge in [-0.2, -0.15) is 0 Å². The lowest BCUT2D eigenvalue weighted by atomic mass is 9.80. The van der Waals surface area contributed by atoms with Crippen molar-refractivity contribution in [3.05, 3.63) is 75.7 Å². The molecule has 2 aromatic heterocycles. The number of aryl methyl sites for hydroxylation is 1. The second-order valence-electron chi connectivity index (χ2n) is 8.39. The number of hydrogen-bond donors (Lipinski definition) is 2. The van der Waals surface area contributed by atoms with E-state index in [0.29, 0.717) is 23.5 Å². The van der Waals surface area contributed by atoms with Gasteiger partial charge in [0.2, 0.25) is 5.89 Å². The Balaban J connectivity index is 1.51. The summed E-state index contributed by atoms with van der Waals surface area (Å²) in [5.41, 5.74) is 2.74. The van der Waals surface area contributed by atoms with Crippen LogP contribution >= 0.6 is 0 Å². The molecule has 0 saturated heterocycles. The summed E-state index contributed by atoms with van der Waals surface area (Å²) in [5.74, 6) is 1.76. The monoisotopic (exact) mass is 405 g/mol. The van der Waals surface area contributed by atoms with Crippen LogP contribution in [0, 0.1) is 11.8 Å². The third-order valence-electron chi connectivity index (χ3n) is 5.95. The molecular weight excluding hydrogens is 378 g/mol. The third-order valence-corrected chi connectivity index (χ3v) is 5.95. The molecule has 0 aliphatic heterocycles. The summed E-state index contributed by atoms with van der Waals surface area (Å²) in [4.78, 5) is 32.5. The van der Waals surface area contributed by atoms with Gasteiger partial charge in [-0.1, -0.05) is 44.2 Å². The fourth-order valence-corrected chi connectivity index (χ4v) is 4.03. The molecule has 1 aliphatic carbocycles. The topological polar surface area (TPSA) is 88.0 Å². The molecule has 1 amide bonds. The maximum absolute atomic E-state index is 12.8. The molecule has 1 aliphatic rings.